The second-order valence-corrected chi connectivity index (χ2v) is 5.55. The number of carbonyl (C=O) groups is 1. The monoisotopic (exact) mass is 337 g/mol. The van der Waals surface area contributed by atoms with Crippen LogP contribution in [0, 0.1) is 0 Å². The Balaban J connectivity index is 1.66. The standard InChI is InChI=1S/C19H19N3O3/c23-18-13-21(10-11-22(18)14-20-12-19(24)25)17-8-6-16(7-9-17)15-4-2-1-3-5-15/h1-11,13,20,23H,12,14H2,(H,24,25). The lowest BCUT2D eigenvalue weighted by Crippen LogP contribution is -2.35. The number of aliphatic carboxylic acids is 1. The molecule has 0 bridgehead atoms. The smallest absolute Gasteiger partial charge is 0.317 e. The summed E-state index contributed by atoms with van der Waals surface area (Å²) in [7, 11) is 0. The molecule has 0 atom stereocenters. The zero-order valence-electron chi connectivity index (χ0n) is 13.5. The Kier molecular flexibility index (Phi) is 5.01. The third kappa shape index (κ3) is 4.19. The van der Waals surface area contributed by atoms with Crippen molar-refractivity contribution in [2.45, 2.75) is 0 Å². The van der Waals surface area contributed by atoms with Gasteiger partial charge in [-0.05, 0) is 23.3 Å². The first-order valence-corrected chi connectivity index (χ1v) is 7.85. The van der Waals surface area contributed by atoms with E-state index in [4.69, 9.17) is 5.11 Å². The van der Waals surface area contributed by atoms with Crippen LogP contribution in [-0.4, -0.2) is 34.3 Å². The average Bonchev–Trinajstić information content (AvgIpc) is 2.64. The molecule has 0 spiro atoms. The molecule has 3 rings (SSSR count). The fraction of sp³-hybridized carbons (Fsp3) is 0.105. The predicted octanol–water partition coefficient (Wildman–Crippen LogP) is 2.94. The zero-order valence-corrected chi connectivity index (χ0v) is 13.5. The number of nitrogens with one attached hydrogen (secondary N) is 1. The topological polar surface area (TPSA) is 76.0 Å². The maximum atomic E-state index is 10.5. The number of carboxylic acids is 1. The number of nitrogens with zero attached hydrogens (tertiary/aromatic N) is 2. The number of carboxylic acid groups (broad SMARTS) is 1. The van der Waals surface area contributed by atoms with Gasteiger partial charge in [0.05, 0.1) is 19.4 Å². The Morgan fingerprint density at radius 2 is 1.64 bits per heavy atom. The van der Waals surface area contributed by atoms with Crippen molar-refractivity contribution in [1.29, 1.82) is 0 Å². The van der Waals surface area contributed by atoms with E-state index in [1.165, 1.54) is 4.90 Å². The number of rotatable bonds is 6. The van der Waals surface area contributed by atoms with Gasteiger partial charge in [0, 0.05) is 18.1 Å². The second-order valence-electron chi connectivity index (χ2n) is 5.55. The van der Waals surface area contributed by atoms with E-state index in [-0.39, 0.29) is 19.1 Å². The highest BCUT2D eigenvalue weighted by molar-refractivity contribution is 5.69. The first-order chi connectivity index (χ1) is 12.1. The molecule has 6 heteroatoms. The Morgan fingerprint density at radius 1 is 0.960 bits per heavy atom. The summed E-state index contributed by atoms with van der Waals surface area (Å²) in [5.74, 6) is -0.905. The fourth-order valence-corrected chi connectivity index (χ4v) is 2.50. The summed E-state index contributed by atoms with van der Waals surface area (Å²) in [5, 5.41) is 21.4. The lowest BCUT2D eigenvalue weighted by molar-refractivity contribution is -0.136. The number of hydrogen-bond donors (Lipinski definition) is 3. The van der Waals surface area contributed by atoms with Crippen LogP contribution in [0.25, 0.3) is 11.1 Å². The lowest BCUT2D eigenvalue weighted by atomic mass is 10.1. The van der Waals surface area contributed by atoms with Crippen LogP contribution in [0.3, 0.4) is 0 Å². The molecule has 2 aromatic carbocycles. The summed E-state index contributed by atoms with van der Waals surface area (Å²) in [6.07, 6.45) is 5.08. The van der Waals surface area contributed by atoms with Crippen LogP contribution >= 0.6 is 0 Å². The van der Waals surface area contributed by atoms with Crippen molar-refractivity contribution < 1.29 is 15.0 Å². The van der Waals surface area contributed by atoms with Crippen LogP contribution in [-0.2, 0) is 4.79 Å². The van der Waals surface area contributed by atoms with E-state index >= 15 is 0 Å². The van der Waals surface area contributed by atoms with Gasteiger partial charge in [-0.15, -0.1) is 0 Å². The fourth-order valence-electron chi connectivity index (χ4n) is 2.50. The first-order valence-electron chi connectivity index (χ1n) is 7.85. The van der Waals surface area contributed by atoms with Gasteiger partial charge < -0.3 is 20.0 Å². The normalized spacial score (nSPS) is 13.7. The van der Waals surface area contributed by atoms with E-state index in [0.29, 0.717) is 0 Å². The molecular formula is C19H19N3O3. The highest BCUT2D eigenvalue weighted by Gasteiger charge is 2.13. The minimum Gasteiger partial charge on any atom is -0.493 e. The molecule has 128 valence electrons. The summed E-state index contributed by atoms with van der Waals surface area (Å²) >= 11 is 0. The van der Waals surface area contributed by atoms with Crippen LogP contribution < -0.4 is 10.2 Å². The SMILES string of the molecule is O=C(O)CNCN1C=CN(c2ccc(-c3ccccc3)cc2)C=C1O. The van der Waals surface area contributed by atoms with Crippen molar-refractivity contribution in [2.24, 2.45) is 0 Å². The van der Waals surface area contributed by atoms with Crippen LogP contribution in [0.2, 0.25) is 0 Å². The minimum atomic E-state index is -0.940. The summed E-state index contributed by atoms with van der Waals surface area (Å²) < 4.78 is 0. The molecule has 0 aromatic heterocycles. The molecule has 1 aliphatic rings. The zero-order chi connectivity index (χ0) is 17.6. The molecule has 0 aliphatic carbocycles. The summed E-state index contributed by atoms with van der Waals surface area (Å²) in [4.78, 5) is 13.8. The molecule has 0 fully saturated rings. The van der Waals surface area contributed by atoms with E-state index in [0.717, 1.165) is 16.8 Å². The molecule has 2 aromatic rings. The van der Waals surface area contributed by atoms with Gasteiger partial charge in [-0.3, -0.25) is 10.1 Å². The number of benzene rings is 2. The number of anilines is 1. The van der Waals surface area contributed by atoms with Gasteiger partial charge in [0.25, 0.3) is 0 Å². The van der Waals surface area contributed by atoms with Crippen molar-refractivity contribution in [1.82, 2.24) is 10.2 Å². The Hall–Kier alpha value is -3.25. The molecule has 0 saturated heterocycles. The highest BCUT2D eigenvalue weighted by atomic mass is 16.4. The molecule has 0 saturated carbocycles. The van der Waals surface area contributed by atoms with Crippen LogP contribution in [0.5, 0.6) is 0 Å². The van der Waals surface area contributed by atoms with Crippen molar-refractivity contribution in [3.05, 3.63) is 79.1 Å². The molecule has 0 radical (unpaired) electrons. The molecule has 1 aliphatic heterocycles. The van der Waals surface area contributed by atoms with Crippen molar-refractivity contribution in [3.8, 4) is 11.1 Å². The quantitative estimate of drug-likeness (QED) is 0.752. The molecule has 0 unspecified atom stereocenters. The maximum absolute atomic E-state index is 10.5. The average molecular weight is 337 g/mol. The van der Waals surface area contributed by atoms with Crippen LogP contribution in [0.15, 0.2) is 79.1 Å². The third-order valence-electron chi connectivity index (χ3n) is 3.79. The van der Waals surface area contributed by atoms with Crippen LogP contribution in [0.4, 0.5) is 5.69 Å². The minimum absolute atomic E-state index is 0.0347. The van der Waals surface area contributed by atoms with Gasteiger partial charge in [-0.2, -0.15) is 0 Å². The van der Waals surface area contributed by atoms with Crippen molar-refractivity contribution >= 4 is 11.7 Å². The molecule has 1 heterocycles. The summed E-state index contributed by atoms with van der Waals surface area (Å²) in [6, 6.07) is 18.1. The highest BCUT2D eigenvalue weighted by Crippen LogP contribution is 2.25. The van der Waals surface area contributed by atoms with Gasteiger partial charge in [0.2, 0.25) is 5.88 Å². The predicted molar refractivity (Wildman–Crippen MR) is 96.6 cm³/mol. The molecular weight excluding hydrogens is 318 g/mol. The van der Waals surface area contributed by atoms with E-state index in [2.05, 4.69) is 17.4 Å². The second kappa shape index (κ2) is 7.55. The van der Waals surface area contributed by atoms with E-state index in [9.17, 15) is 9.90 Å². The molecule has 25 heavy (non-hydrogen) atoms. The van der Waals surface area contributed by atoms with E-state index in [1.807, 2.05) is 42.5 Å². The third-order valence-corrected chi connectivity index (χ3v) is 3.79. The van der Waals surface area contributed by atoms with Gasteiger partial charge in [-0.1, -0.05) is 42.5 Å². The summed E-state index contributed by atoms with van der Waals surface area (Å²) in [5.41, 5.74) is 3.19. The molecule has 0 amide bonds. The van der Waals surface area contributed by atoms with Crippen molar-refractivity contribution in [3.63, 3.8) is 0 Å². The molecule has 3 N–H and O–H groups in total. The molecule has 6 nitrogen and oxygen atoms in total. The number of aliphatic hydroxyl groups is 1. The van der Waals surface area contributed by atoms with E-state index in [1.54, 1.807) is 23.5 Å². The number of hydrogen-bond acceptors (Lipinski definition) is 5. The largest absolute Gasteiger partial charge is 0.493 e. The van der Waals surface area contributed by atoms with Gasteiger partial charge in [-0.25, -0.2) is 0 Å². The first kappa shape index (κ1) is 16.6. The maximum Gasteiger partial charge on any atom is 0.317 e. The Morgan fingerprint density at radius 3 is 2.28 bits per heavy atom. The van der Waals surface area contributed by atoms with Gasteiger partial charge in [0.15, 0.2) is 0 Å². The van der Waals surface area contributed by atoms with Crippen LogP contribution in [0.1, 0.15) is 0 Å². The lowest BCUT2D eigenvalue weighted by Gasteiger charge is -2.27. The number of aliphatic hydroxyl groups excluding tert-OH is 1. The Labute approximate surface area is 145 Å². The Bertz CT molecular complexity index is 785. The van der Waals surface area contributed by atoms with Crippen molar-refractivity contribution in [2.75, 3.05) is 18.1 Å². The summed E-state index contributed by atoms with van der Waals surface area (Å²) in [6.45, 7) is 0.0498. The van der Waals surface area contributed by atoms with E-state index < -0.39 is 5.97 Å². The van der Waals surface area contributed by atoms with Gasteiger partial charge >= 0.3 is 5.97 Å². The van der Waals surface area contributed by atoms with Gasteiger partial charge in [0.1, 0.15) is 0 Å².